The Morgan fingerprint density at radius 2 is 2.00 bits per heavy atom. The van der Waals surface area contributed by atoms with Gasteiger partial charge in [-0.2, -0.15) is 0 Å². The number of fused-ring (bicyclic) bond motifs is 1. The van der Waals surface area contributed by atoms with Crippen LogP contribution in [0.5, 0.6) is 5.75 Å². The van der Waals surface area contributed by atoms with Crippen molar-refractivity contribution in [2.75, 3.05) is 20.3 Å². The summed E-state index contributed by atoms with van der Waals surface area (Å²) in [5, 5.41) is 22.3. The minimum absolute atomic E-state index is 0.100. The molecule has 2 aliphatic carbocycles. The molecule has 1 saturated heterocycles. The third kappa shape index (κ3) is 3.01. The van der Waals surface area contributed by atoms with E-state index in [-0.39, 0.29) is 29.3 Å². The van der Waals surface area contributed by atoms with Crippen molar-refractivity contribution < 1.29 is 28.1 Å². The average molecular weight is 455 g/mol. The zero-order valence-electron chi connectivity index (χ0n) is 17.3. The fourth-order valence-corrected chi connectivity index (χ4v) is 5.56. The topological polar surface area (TPSA) is 126 Å². The van der Waals surface area contributed by atoms with Gasteiger partial charge >= 0.3 is 5.69 Å². The van der Waals surface area contributed by atoms with Gasteiger partial charge in [-0.3, -0.25) is 14.3 Å². The third-order valence-corrected chi connectivity index (χ3v) is 7.23. The van der Waals surface area contributed by atoms with Gasteiger partial charge < -0.3 is 20.3 Å². The maximum absolute atomic E-state index is 15.7. The minimum Gasteiger partial charge on any atom is -0.494 e. The van der Waals surface area contributed by atoms with Gasteiger partial charge in [-0.1, -0.05) is 0 Å². The number of nitrogens with one attached hydrogen (secondary N) is 2. The number of hydrogen-bond donors (Lipinski definition) is 4. The first-order valence-corrected chi connectivity index (χ1v) is 10.6. The Bertz CT molecular complexity index is 1200. The van der Waals surface area contributed by atoms with Gasteiger partial charge in [0.25, 0.3) is 12.0 Å². The molecule has 8 nitrogen and oxygen atoms in total. The average Bonchev–Trinajstić information content (AvgIpc) is 3.65. The van der Waals surface area contributed by atoms with Gasteiger partial charge in [0, 0.05) is 29.6 Å². The second-order valence-corrected chi connectivity index (χ2v) is 9.06. The first-order valence-electron chi connectivity index (χ1n) is 10.6. The van der Waals surface area contributed by atoms with Crippen LogP contribution in [0.1, 0.15) is 55.2 Å². The molecule has 5 rings (SSSR count). The molecule has 4 N–H and O–H groups in total. The predicted molar refractivity (Wildman–Crippen MR) is 108 cm³/mol. The van der Waals surface area contributed by atoms with Crippen LogP contribution in [-0.2, 0) is 0 Å². The second kappa shape index (κ2) is 7.32. The number of hydrogen-bond acceptors (Lipinski definition) is 6. The van der Waals surface area contributed by atoms with Crippen LogP contribution < -0.4 is 21.3 Å². The number of methoxy groups -OCH3 is 1. The van der Waals surface area contributed by atoms with Crippen LogP contribution in [0.3, 0.4) is 0 Å². The van der Waals surface area contributed by atoms with Crippen molar-refractivity contribution >= 4 is 10.9 Å². The first-order chi connectivity index (χ1) is 15.2. The molecule has 4 atom stereocenters. The number of aliphatic hydroxyl groups excluding tert-OH is 2. The molecule has 0 amide bonds. The van der Waals surface area contributed by atoms with Crippen molar-refractivity contribution in [3.8, 4) is 5.75 Å². The number of aliphatic hydroxyl groups is 2. The lowest BCUT2D eigenvalue weighted by Crippen LogP contribution is -2.34. The van der Waals surface area contributed by atoms with E-state index in [1.54, 1.807) is 0 Å². The van der Waals surface area contributed by atoms with Crippen molar-refractivity contribution in [1.82, 2.24) is 14.9 Å². The number of H-pyrrole nitrogens is 1. The van der Waals surface area contributed by atoms with E-state index in [1.807, 2.05) is 4.98 Å². The fraction of sp³-hybridized carbons (Fsp3) is 0.619. The SMILES string of the molecule is COc1c(C2CC(C(O)CO)C3(CN3)C2)c(F)c(C(F)F)c2c(=O)[nH]c(=O)n(C3CC3)c12. The lowest BCUT2D eigenvalue weighted by Gasteiger charge is -2.23. The first kappa shape index (κ1) is 21.5. The van der Waals surface area contributed by atoms with Gasteiger partial charge in [0.1, 0.15) is 17.1 Å². The van der Waals surface area contributed by atoms with Gasteiger partial charge in [0.2, 0.25) is 0 Å². The van der Waals surface area contributed by atoms with E-state index in [0.29, 0.717) is 25.8 Å². The Balaban J connectivity index is 1.81. The fourth-order valence-electron chi connectivity index (χ4n) is 5.56. The van der Waals surface area contributed by atoms with Gasteiger partial charge in [0.05, 0.1) is 30.8 Å². The summed E-state index contributed by atoms with van der Waals surface area (Å²) in [5.41, 5.74) is -3.62. The molecule has 1 aliphatic heterocycles. The van der Waals surface area contributed by atoms with E-state index in [2.05, 4.69) is 5.32 Å². The number of benzene rings is 1. The highest BCUT2D eigenvalue weighted by Gasteiger charge is 2.58. The van der Waals surface area contributed by atoms with Crippen molar-refractivity contribution in [1.29, 1.82) is 0 Å². The number of nitrogens with zero attached hydrogens (tertiary/aromatic N) is 1. The Kier molecular flexibility index (Phi) is 4.91. The molecule has 11 heteroatoms. The zero-order valence-corrected chi connectivity index (χ0v) is 17.3. The molecule has 32 heavy (non-hydrogen) atoms. The maximum Gasteiger partial charge on any atom is 0.329 e. The van der Waals surface area contributed by atoms with Gasteiger partial charge in [-0.05, 0) is 31.6 Å². The van der Waals surface area contributed by atoms with E-state index < -0.39 is 64.5 Å². The molecule has 4 unspecified atom stereocenters. The molecule has 2 saturated carbocycles. The van der Waals surface area contributed by atoms with Crippen LogP contribution in [-0.4, -0.2) is 51.7 Å². The normalized spacial score (nSPS) is 28.1. The number of halogens is 3. The summed E-state index contributed by atoms with van der Waals surface area (Å²) in [4.78, 5) is 27.2. The molecule has 0 radical (unpaired) electrons. The summed E-state index contributed by atoms with van der Waals surface area (Å²) in [6.45, 7) is 0.0773. The molecule has 0 bridgehead atoms. The quantitative estimate of drug-likeness (QED) is 0.487. The highest BCUT2D eigenvalue weighted by Crippen LogP contribution is 2.55. The van der Waals surface area contributed by atoms with E-state index in [0.717, 1.165) is 0 Å². The van der Waals surface area contributed by atoms with Crippen LogP contribution in [0.4, 0.5) is 13.2 Å². The van der Waals surface area contributed by atoms with E-state index in [4.69, 9.17) is 4.74 Å². The van der Waals surface area contributed by atoms with Crippen LogP contribution in [0, 0.1) is 11.7 Å². The van der Waals surface area contributed by atoms with E-state index >= 15 is 4.39 Å². The van der Waals surface area contributed by atoms with E-state index in [9.17, 15) is 28.6 Å². The summed E-state index contributed by atoms with van der Waals surface area (Å²) in [7, 11) is 1.25. The number of aromatic amines is 1. The zero-order chi connectivity index (χ0) is 22.9. The maximum atomic E-state index is 15.7. The lowest BCUT2D eigenvalue weighted by molar-refractivity contribution is 0.0390. The largest absolute Gasteiger partial charge is 0.494 e. The van der Waals surface area contributed by atoms with Crippen molar-refractivity contribution in [3.63, 3.8) is 0 Å². The van der Waals surface area contributed by atoms with Gasteiger partial charge in [-0.15, -0.1) is 0 Å². The minimum atomic E-state index is -3.29. The molecule has 3 fully saturated rings. The summed E-state index contributed by atoms with van der Waals surface area (Å²) in [6, 6.07) is -0.288. The molecule has 1 spiro atoms. The molecule has 3 aliphatic rings. The molecule has 2 heterocycles. The van der Waals surface area contributed by atoms with Gasteiger partial charge in [0.15, 0.2) is 0 Å². The van der Waals surface area contributed by atoms with Crippen LogP contribution in [0.2, 0.25) is 0 Å². The number of ether oxygens (including phenoxy) is 1. The summed E-state index contributed by atoms with van der Waals surface area (Å²) < 4.78 is 50.7. The van der Waals surface area contributed by atoms with Crippen LogP contribution in [0.25, 0.3) is 10.9 Å². The molecule has 2 aromatic rings. The third-order valence-electron chi connectivity index (χ3n) is 7.23. The molecule has 174 valence electrons. The lowest BCUT2D eigenvalue weighted by atomic mass is 9.89. The molecule has 1 aromatic heterocycles. The van der Waals surface area contributed by atoms with Crippen LogP contribution in [0.15, 0.2) is 9.59 Å². The predicted octanol–water partition coefficient (Wildman–Crippen LogP) is 1.30. The molecular weight excluding hydrogens is 431 g/mol. The number of alkyl halides is 2. The Morgan fingerprint density at radius 3 is 2.53 bits per heavy atom. The van der Waals surface area contributed by atoms with E-state index in [1.165, 1.54) is 11.7 Å². The number of rotatable bonds is 6. The highest BCUT2D eigenvalue weighted by molar-refractivity contribution is 5.90. The summed E-state index contributed by atoms with van der Waals surface area (Å²) in [6.07, 6.45) is -2.52. The highest BCUT2D eigenvalue weighted by atomic mass is 19.3. The van der Waals surface area contributed by atoms with Gasteiger partial charge in [-0.25, -0.2) is 18.0 Å². The Hall–Kier alpha value is -2.37. The van der Waals surface area contributed by atoms with Crippen molar-refractivity contribution in [3.05, 3.63) is 37.8 Å². The van der Waals surface area contributed by atoms with Crippen LogP contribution >= 0.6 is 0 Å². The number of aromatic nitrogens is 2. The molecule has 1 aromatic carbocycles. The van der Waals surface area contributed by atoms with Crippen molar-refractivity contribution in [2.45, 2.75) is 55.7 Å². The van der Waals surface area contributed by atoms with Crippen molar-refractivity contribution in [2.24, 2.45) is 5.92 Å². The summed E-state index contributed by atoms with van der Waals surface area (Å²) in [5.74, 6) is -2.35. The Labute approximate surface area is 180 Å². The summed E-state index contributed by atoms with van der Waals surface area (Å²) >= 11 is 0. The molecular formula is C21H24F3N3O5. The monoisotopic (exact) mass is 455 g/mol. The smallest absolute Gasteiger partial charge is 0.329 e. The second-order valence-electron chi connectivity index (χ2n) is 9.06. The Morgan fingerprint density at radius 1 is 1.31 bits per heavy atom. The standard InChI is InChI=1S/C21H24F3N3O5/c1-32-17-12(8-4-10(11(29)6-28)21(5-8)7-25-21)15(22)13(18(23)24)14-16(17)27(9-2-3-9)20(31)26-19(14)30/h8-11,18,25,28-29H,2-7H2,1H3,(H,26,30,31).